The van der Waals surface area contributed by atoms with Gasteiger partial charge in [-0.3, -0.25) is 4.79 Å². The number of anilines is 1. The lowest BCUT2D eigenvalue weighted by Gasteiger charge is -2.33. The van der Waals surface area contributed by atoms with Crippen molar-refractivity contribution in [2.45, 2.75) is 70.8 Å². The van der Waals surface area contributed by atoms with Crippen LogP contribution in [0.3, 0.4) is 0 Å². The highest BCUT2D eigenvalue weighted by Crippen LogP contribution is 2.34. The van der Waals surface area contributed by atoms with Crippen molar-refractivity contribution < 1.29 is 28.2 Å². The molecule has 2 N–H and O–H groups in total. The molecular formula is C22H32F2N4O4. The van der Waals surface area contributed by atoms with Gasteiger partial charge in [0.15, 0.2) is 11.5 Å². The summed E-state index contributed by atoms with van der Waals surface area (Å²) in [6.45, 7) is 4.38. The Labute approximate surface area is 186 Å². The first kappa shape index (κ1) is 24.1. The van der Waals surface area contributed by atoms with E-state index in [-0.39, 0.29) is 49.8 Å². The fourth-order valence-electron chi connectivity index (χ4n) is 4.13. The summed E-state index contributed by atoms with van der Waals surface area (Å²) < 4.78 is 33.1. The number of alkyl halides is 2. The van der Waals surface area contributed by atoms with Gasteiger partial charge in [0.2, 0.25) is 0 Å². The van der Waals surface area contributed by atoms with Crippen LogP contribution in [0.25, 0.3) is 0 Å². The summed E-state index contributed by atoms with van der Waals surface area (Å²) >= 11 is 0. The first-order valence-electron chi connectivity index (χ1n) is 11.3. The van der Waals surface area contributed by atoms with Gasteiger partial charge >= 0.3 is 5.97 Å². The van der Waals surface area contributed by atoms with E-state index >= 15 is 0 Å². The number of aromatic nitrogens is 2. The number of carbonyl (C=O) groups is 2. The number of ether oxygens (including phenoxy) is 1. The van der Waals surface area contributed by atoms with E-state index in [0.29, 0.717) is 18.3 Å². The Balaban J connectivity index is 1.78. The molecule has 0 unspecified atom stereocenters. The number of nitrogens with zero attached hydrogens (tertiary/aromatic N) is 3. The van der Waals surface area contributed by atoms with Crippen LogP contribution in [0.15, 0.2) is 6.20 Å². The van der Waals surface area contributed by atoms with E-state index in [1.54, 1.807) is 4.90 Å². The zero-order valence-electron chi connectivity index (χ0n) is 18.6. The van der Waals surface area contributed by atoms with Gasteiger partial charge in [-0.1, -0.05) is 26.7 Å². The molecule has 1 aromatic heterocycles. The summed E-state index contributed by atoms with van der Waals surface area (Å²) in [6.07, 6.45) is 5.34. The zero-order valence-corrected chi connectivity index (χ0v) is 18.6. The van der Waals surface area contributed by atoms with Crippen LogP contribution in [0.2, 0.25) is 0 Å². The average Bonchev–Trinajstić information content (AvgIpc) is 3.25. The van der Waals surface area contributed by atoms with Gasteiger partial charge < -0.3 is 20.1 Å². The number of hydrogen-bond acceptors (Lipinski definition) is 6. The normalized spacial score (nSPS) is 19.7. The second-order valence-corrected chi connectivity index (χ2v) is 9.18. The molecule has 0 aromatic carbocycles. The number of halogens is 2. The molecule has 1 saturated carbocycles. The largest absolute Gasteiger partial charge is 0.480 e. The standard InChI is InChI=1S/C22H32F2N4O4/c1-14(2)11-16(21(30)31)26-19(29)17-12-25-18(28-9-7-22(23,24)8-10-28)20(27-17)32-13-15-5-3-4-6-15/h12,14-16H,3-11,13H2,1-2H3,(H,26,29)(H,30,31)/t16-/m0/s1. The molecule has 0 bridgehead atoms. The van der Waals surface area contributed by atoms with Crippen molar-refractivity contribution in [2.75, 3.05) is 24.6 Å². The number of carboxylic acids is 1. The maximum absolute atomic E-state index is 13.6. The van der Waals surface area contributed by atoms with E-state index in [0.717, 1.165) is 25.7 Å². The highest BCUT2D eigenvalue weighted by atomic mass is 19.3. The quantitative estimate of drug-likeness (QED) is 0.588. The van der Waals surface area contributed by atoms with Crippen LogP contribution in [0.1, 0.15) is 69.3 Å². The number of amides is 1. The van der Waals surface area contributed by atoms with Crippen LogP contribution in [-0.4, -0.2) is 58.6 Å². The highest BCUT2D eigenvalue weighted by Gasteiger charge is 2.36. The Morgan fingerprint density at radius 3 is 2.53 bits per heavy atom. The summed E-state index contributed by atoms with van der Waals surface area (Å²) in [5, 5.41) is 11.9. The maximum Gasteiger partial charge on any atom is 0.326 e. The van der Waals surface area contributed by atoms with E-state index in [1.165, 1.54) is 6.20 Å². The lowest BCUT2D eigenvalue weighted by molar-refractivity contribution is -0.139. The van der Waals surface area contributed by atoms with E-state index in [2.05, 4.69) is 15.3 Å². The van der Waals surface area contributed by atoms with Crippen LogP contribution in [0.5, 0.6) is 5.88 Å². The Hall–Kier alpha value is -2.52. The number of aliphatic carboxylic acids is 1. The van der Waals surface area contributed by atoms with Crippen molar-refractivity contribution >= 4 is 17.7 Å². The number of nitrogens with one attached hydrogen (secondary N) is 1. The van der Waals surface area contributed by atoms with Crippen molar-refractivity contribution in [1.29, 1.82) is 0 Å². The Kier molecular flexibility index (Phi) is 7.84. The highest BCUT2D eigenvalue weighted by molar-refractivity contribution is 5.95. The molecule has 178 valence electrons. The molecule has 3 rings (SSSR count). The molecule has 0 radical (unpaired) electrons. The Morgan fingerprint density at radius 2 is 1.94 bits per heavy atom. The van der Waals surface area contributed by atoms with Gasteiger partial charge in [0.1, 0.15) is 6.04 Å². The van der Waals surface area contributed by atoms with E-state index in [1.807, 2.05) is 13.8 Å². The van der Waals surface area contributed by atoms with Crippen LogP contribution < -0.4 is 15.0 Å². The minimum atomic E-state index is -2.70. The monoisotopic (exact) mass is 454 g/mol. The SMILES string of the molecule is CC(C)C[C@H](NC(=O)c1cnc(N2CCC(F)(F)CC2)c(OCC2CCCC2)n1)C(=O)O. The molecule has 2 aliphatic rings. The van der Waals surface area contributed by atoms with Crippen LogP contribution in [0.4, 0.5) is 14.6 Å². The predicted molar refractivity (Wildman–Crippen MR) is 114 cm³/mol. The lowest BCUT2D eigenvalue weighted by atomic mass is 10.0. The predicted octanol–water partition coefficient (Wildman–Crippen LogP) is 3.51. The third-order valence-corrected chi connectivity index (χ3v) is 5.99. The van der Waals surface area contributed by atoms with Crippen LogP contribution in [-0.2, 0) is 4.79 Å². The minimum Gasteiger partial charge on any atom is -0.480 e. The molecule has 1 saturated heterocycles. The number of piperidine rings is 1. The van der Waals surface area contributed by atoms with Gasteiger partial charge in [0.25, 0.3) is 17.7 Å². The van der Waals surface area contributed by atoms with Gasteiger partial charge in [-0.2, -0.15) is 0 Å². The third-order valence-electron chi connectivity index (χ3n) is 5.99. The van der Waals surface area contributed by atoms with Crippen molar-refractivity contribution in [3.63, 3.8) is 0 Å². The van der Waals surface area contributed by atoms with Gasteiger partial charge in [0.05, 0.1) is 12.8 Å². The molecule has 0 spiro atoms. The van der Waals surface area contributed by atoms with E-state index in [4.69, 9.17) is 4.74 Å². The van der Waals surface area contributed by atoms with Crippen molar-refractivity contribution in [3.8, 4) is 5.88 Å². The molecule has 1 amide bonds. The number of rotatable bonds is 9. The van der Waals surface area contributed by atoms with Crippen LogP contribution >= 0.6 is 0 Å². The fourth-order valence-corrected chi connectivity index (χ4v) is 4.13. The molecule has 1 aromatic rings. The van der Waals surface area contributed by atoms with E-state index in [9.17, 15) is 23.5 Å². The summed E-state index contributed by atoms with van der Waals surface area (Å²) in [7, 11) is 0. The van der Waals surface area contributed by atoms with E-state index < -0.39 is 23.8 Å². The molecule has 2 heterocycles. The molecule has 2 fully saturated rings. The van der Waals surface area contributed by atoms with Gasteiger partial charge in [-0.25, -0.2) is 23.5 Å². The maximum atomic E-state index is 13.6. The van der Waals surface area contributed by atoms with Crippen molar-refractivity contribution in [2.24, 2.45) is 11.8 Å². The molecule has 32 heavy (non-hydrogen) atoms. The lowest BCUT2D eigenvalue weighted by Crippen LogP contribution is -2.42. The van der Waals surface area contributed by atoms with Gasteiger partial charge in [0, 0.05) is 25.9 Å². The van der Waals surface area contributed by atoms with Gasteiger partial charge in [-0.05, 0) is 31.1 Å². The number of carbonyl (C=O) groups excluding carboxylic acids is 1. The number of hydrogen-bond donors (Lipinski definition) is 2. The Morgan fingerprint density at radius 1 is 1.28 bits per heavy atom. The second kappa shape index (κ2) is 10.4. The second-order valence-electron chi connectivity index (χ2n) is 9.18. The fraction of sp³-hybridized carbons (Fsp3) is 0.727. The van der Waals surface area contributed by atoms with Gasteiger partial charge in [-0.15, -0.1) is 0 Å². The van der Waals surface area contributed by atoms with Crippen molar-refractivity contribution in [3.05, 3.63) is 11.9 Å². The molecule has 10 heteroatoms. The summed E-state index contributed by atoms with van der Waals surface area (Å²) in [6, 6.07) is -1.05. The summed E-state index contributed by atoms with van der Waals surface area (Å²) in [5.41, 5.74) is -0.0625. The molecule has 1 aliphatic carbocycles. The first-order valence-corrected chi connectivity index (χ1v) is 11.3. The zero-order chi connectivity index (χ0) is 23.3. The third kappa shape index (κ3) is 6.49. The molecule has 8 nitrogen and oxygen atoms in total. The molecular weight excluding hydrogens is 422 g/mol. The topological polar surface area (TPSA) is 105 Å². The smallest absolute Gasteiger partial charge is 0.326 e. The van der Waals surface area contributed by atoms with Crippen LogP contribution in [0, 0.1) is 11.8 Å². The molecule has 1 atom stereocenters. The Bertz CT molecular complexity index is 805. The first-order chi connectivity index (χ1) is 15.1. The number of carboxylic acid groups (broad SMARTS) is 1. The average molecular weight is 455 g/mol. The molecule has 1 aliphatic heterocycles. The minimum absolute atomic E-state index is 0.0625. The summed E-state index contributed by atoms with van der Waals surface area (Å²) in [4.78, 5) is 34.5. The van der Waals surface area contributed by atoms with Crippen molar-refractivity contribution in [1.82, 2.24) is 15.3 Å². The summed E-state index contributed by atoms with van der Waals surface area (Å²) in [5.74, 6) is -3.55.